The minimum absolute atomic E-state index is 0.224. The Morgan fingerprint density at radius 3 is 2.69 bits per heavy atom. The van der Waals surface area contributed by atoms with Crippen molar-refractivity contribution in [2.24, 2.45) is 0 Å². The summed E-state index contributed by atoms with van der Waals surface area (Å²) in [6, 6.07) is -0.447. The summed E-state index contributed by atoms with van der Waals surface area (Å²) in [6.07, 6.45) is 6.48. The number of nitrogens with one attached hydrogen (secondary N) is 2. The van der Waals surface area contributed by atoms with Crippen LogP contribution in [0.15, 0.2) is 12.7 Å². The second kappa shape index (κ2) is 7.33. The topological polar surface area (TPSA) is 58.2 Å². The molecule has 0 spiro atoms. The number of rotatable bonds is 5. The van der Waals surface area contributed by atoms with Crippen LogP contribution < -0.4 is 10.6 Å². The molecule has 0 heterocycles. The Bertz CT molecular complexity index is 263. The maximum Gasteiger partial charge on any atom is 0.321 e. The molecule has 4 nitrogen and oxygen atoms in total. The highest BCUT2D eigenvalue weighted by molar-refractivity contribution is 8.00. The van der Waals surface area contributed by atoms with Crippen LogP contribution in [-0.2, 0) is 4.79 Å². The molecule has 1 rings (SSSR count). The molecule has 0 bridgehead atoms. The van der Waals surface area contributed by atoms with E-state index in [4.69, 9.17) is 0 Å². The molecule has 3 amide bonds. The van der Waals surface area contributed by atoms with E-state index < -0.39 is 6.03 Å². The molecule has 2 N–H and O–H groups in total. The molecule has 90 valence electrons. The van der Waals surface area contributed by atoms with E-state index in [0.717, 1.165) is 0 Å². The van der Waals surface area contributed by atoms with Gasteiger partial charge in [-0.3, -0.25) is 10.1 Å². The number of amides is 3. The van der Waals surface area contributed by atoms with Gasteiger partial charge in [-0.1, -0.05) is 18.9 Å². The van der Waals surface area contributed by atoms with E-state index in [-0.39, 0.29) is 5.91 Å². The molecule has 0 saturated heterocycles. The maximum absolute atomic E-state index is 11.4. The van der Waals surface area contributed by atoms with Crippen molar-refractivity contribution in [3.63, 3.8) is 0 Å². The Morgan fingerprint density at radius 2 is 2.06 bits per heavy atom. The second-order valence-electron chi connectivity index (χ2n) is 3.76. The van der Waals surface area contributed by atoms with Gasteiger partial charge in [0.05, 0.1) is 5.75 Å². The van der Waals surface area contributed by atoms with Gasteiger partial charge in [0.2, 0.25) is 5.91 Å². The Hall–Kier alpha value is -0.970. The molecule has 0 aromatic rings. The average molecular weight is 242 g/mol. The van der Waals surface area contributed by atoms with Gasteiger partial charge in [0.25, 0.3) is 0 Å². The Balaban J connectivity index is 2.09. The lowest BCUT2D eigenvalue weighted by atomic mass is 10.4. The molecule has 0 aliphatic heterocycles. The Morgan fingerprint density at radius 1 is 1.38 bits per heavy atom. The minimum Gasteiger partial charge on any atom is -0.334 e. The van der Waals surface area contributed by atoms with Crippen molar-refractivity contribution in [3.05, 3.63) is 12.7 Å². The van der Waals surface area contributed by atoms with Gasteiger partial charge in [-0.2, -0.15) is 0 Å². The first-order valence-corrected chi connectivity index (χ1v) is 6.57. The van der Waals surface area contributed by atoms with Gasteiger partial charge in [0.1, 0.15) is 0 Å². The lowest BCUT2D eigenvalue weighted by Crippen LogP contribution is -2.40. The van der Waals surface area contributed by atoms with E-state index >= 15 is 0 Å². The standard InChI is InChI=1S/C11H18N2O2S/c1-2-7-12-11(15)13-10(14)8-16-9-5-3-4-6-9/h2,9H,1,3-8H2,(H2,12,13,14,15). The van der Waals surface area contributed by atoms with Crippen LogP contribution in [0.3, 0.4) is 0 Å². The highest BCUT2D eigenvalue weighted by atomic mass is 32.2. The lowest BCUT2D eigenvalue weighted by Gasteiger charge is -2.08. The molecule has 5 heteroatoms. The first-order chi connectivity index (χ1) is 7.72. The SMILES string of the molecule is C=CCNC(=O)NC(=O)CSC1CCCC1. The molecular formula is C11H18N2O2S. The normalized spacial score (nSPS) is 15.8. The third-order valence-corrected chi connectivity index (χ3v) is 3.78. The Kier molecular flexibility index (Phi) is 6.00. The van der Waals surface area contributed by atoms with E-state index in [1.807, 2.05) is 0 Å². The highest BCUT2D eigenvalue weighted by Crippen LogP contribution is 2.28. The minimum atomic E-state index is -0.447. The summed E-state index contributed by atoms with van der Waals surface area (Å²) in [6.45, 7) is 3.84. The quantitative estimate of drug-likeness (QED) is 0.721. The van der Waals surface area contributed by atoms with Crippen LogP contribution in [0.1, 0.15) is 25.7 Å². The van der Waals surface area contributed by atoms with Crippen molar-refractivity contribution in [1.82, 2.24) is 10.6 Å². The summed E-state index contributed by atoms with van der Waals surface area (Å²) >= 11 is 1.65. The number of thioether (sulfide) groups is 1. The van der Waals surface area contributed by atoms with Gasteiger partial charge in [-0.25, -0.2) is 4.79 Å². The van der Waals surface area contributed by atoms with E-state index in [0.29, 0.717) is 17.5 Å². The number of imide groups is 1. The third kappa shape index (κ3) is 5.21. The summed E-state index contributed by atoms with van der Waals surface area (Å²) in [5.74, 6) is 0.144. The predicted octanol–water partition coefficient (Wildman–Crippen LogP) is 1.67. The highest BCUT2D eigenvalue weighted by Gasteiger charge is 2.17. The number of carbonyl (C=O) groups excluding carboxylic acids is 2. The Labute approximate surface area is 100 Å². The molecule has 0 unspecified atom stereocenters. The van der Waals surface area contributed by atoms with Gasteiger partial charge in [-0.15, -0.1) is 18.3 Å². The number of hydrogen-bond acceptors (Lipinski definition) is 3. The van der Waals surface area contributed by atoms with Crippen molar-refractivity contribution in [2.45, 2.75) is 30.9 Å². The zero-order valence-electron chi connectivity index (χ0n) is 9.33. The zero-order chi connectivity index (χ0) is 11.8. The summed E-state index contributed by atoms with van der Waals surface area (Å²) in [5, 5.41) is 5.37. The fourth-order valence-electron chi connectivity index (χ4n) is 1.62. The fraction of sp³-hybridized carbons (Fsp3) is 0.636. The molecule has 1 aliphatic rings. The van der Waals surface area contributed by atoms with E-state index in [2.05, 4.69) is 17.2 Å². The van der Waals surface area contributed by atoms with Crippen molar-refractivity contribution >= 4 is 23.7 Å². The molecular weight excluding hydrogens is 224 g/mol. The van der Waals surface area contributed by atoms with Crippen LogP contribution in [0.2, 0.25) is 0 Å². The summed E-state index contributed by atoms with van der Waals surface area (Å²) in [4.78, 5) is 22.5. The second-order valence-corrected chi connectivity index (χ2v) is 5.05. The van der Waals surface area contributed by atoms with Crippen LogP contribution in [0.5, 0.6) is 0 Å². The third-order valence-electron chi connectivity index (χ3n) is 2.41. The van der Waals surface area contributed by atoms with Gasteiger partial charge < -0.3 is 5.32 Å². The van der Waals surface area contributed by atoms with Gasteiger partial charge in [0.15, 0.2) is 0 Å². The van der Waals surface area contributed by atoms with Crippen molar-refractivity contribution in [1.29, 1.82) is 0 Å². The predicted molar refractivity (Wildman–Crippen MR) is 66.5 cm³/mol. The number of urea groups is 1. The summed E-state index contributed by atoms with van der Waals surface area (Å²) < 4.78 is 0. The molecule has 0 atom stereocenters. The molecule has 1 saturated carbocycles. The van der Waals surface area contributed by atoms with Crippen LogP contribution in [0.4, 0.5) is 4.79 Å². The van der Waals surface area contributed by atoms with Crippen molar-refractivity contribution in [3.8, 4) is 0 Å². The number of carbonyl (C=O) groups is 2. The largest absolute Gasteiger partial charge is 0.334 e. The average Bonchev–Trinajstić information content (AvgIpc) is 2.76. The first kappa shape index (κ1) is 13.1. The molecule has 1 fully saturated rings. The summed E-state index contributed by atoms with van der Waals surface area (Å²) in [7, 11) is 0. The summed E-state index contributed by atoms with van der Waals surface area (Å²) in [5.41, 5.74) is 0. The molecule has 0 radical (unpaired) electrons. The van der Waals surface area contributed by atoms with Gasteiger partial charge >= 0.3 is 6.03 Å². The van der Waals surface area contributed by atoms with Crippen LogP contribution >= 0.6 is 11.8 Å². The van der Waals surface area contributed by atoms with Crippen molar-refractivity contribution in [2.75, 3.05) is 12.3 Å². The van der Waals surface area contributed by atoms with Crippen LogP contribution in [-0.4, -0.2) is 29.5 Å². The van der Waals surface area contributed by atoms with E-state index in [1.54, 1.807) is 17.8 Å². The van der Waals surface area contributed by atoms with Crippen molar-refractivity contribution < 1.29 is 9.59 Å². The van der Waals surface area contributed by atoms with E-state index in [1.165, 1.54) is 25.7 Å². The number of hydrogen-bond donors (Lipinski definition) is 2. The maximum atomic E-state index is 11.4. The van der Waals surface area contributed by atoms with Crippen LogP contribution in [0.25, 0.3) is 0 Å². The van der Waals surface area contributed by atoms with Gasteiger partial charge in [0, 0.05) is 11.8 Å². The van der Waals surface area contributed by atoms with Gasteiger partial charge in [-0.05, 0) is 12.8 Å². The lowest BCUT2D eigenvalue weighted by molar-refractivity contribution is -0.117. The van der Waals surface area contributed by atoms with Crippen LogP contribution in [0, 0.1) is 0 Å². The first-order valence-electron chi connectivity index (χ1n) is 5.52. The molecule has 1 aliphatic carbocycles. The van der Waals surface area contributed by atoms with E-state index in [9.17, 15) is 9.59 Å². The monoisotopic (exact) mass is 242 g/mol. The zero-order valence-corrected chi connectivity index (χ0v) is 10.1. The fourth-order valence-corrected chi connectivity index (χ4v) is 2.75. The molecule has 16 heavy (non-hydrogen) atoms. The molecule has 0 aromatic heterocycles. The smallest absolute Gasteiger partial charge is 0.321 e. The molecule has 0 aromatic carbocycles.